The fourth-order valence-corrected chi connectivity index (χ4v) is 2.71. The molecular formula is C15H16F2N2O3S. The van der Waals surface area contributed by atoms with E-state index in [1.165, 1.54) is 16.7 Å². The average molecular weight is 342 g/mol. The molecule has 1 amide bonds. The molecule has 0 bridgehead atoms. The third-order valence-corrected chi connectivity index (χ3v) is 4.04. The molecule has 1 aromatic carbocycles. The number of hydrogen-bond donors (Lipinski definition) is 1. The van der Waals surface area contributed by atoms with Crippen molar-refractivity contribution in [1.29, 1.82) is 0 Å². The van der Waals surface area contributed by atoms with Crippen molar-refractivity contribution in [2.75, 3.05) is 6.54 Å². The van der Waals surface area contributed by atoms with Crippen LogP contribution < -0.4 is 14.9 Å². The van der Waals surface area contributed by atoms with Gasteiger partial charge in [0.15, 0.2) is 0 Å². The Labute approximate surface area is 135 Å². The SMILES string of the molecule is Cc1csc(=O)n1CC(=O)NCCc1ccc(OC(F)F)cc1. The summed E-state index contributed by atoms with van der Waals surface area (Å²) >= 11 is 1.06. The van der Waals surface area contributed by atoms with E-state index >= 15 is 0 Å². The first-order valence-electron chi connectivity index (χ1n) is 6.91. The first-order valence-corrected chi connectivity index (χ1v) is 7.79. The van der Waals surface area contributed by atoms with Crippen LogP contribution in [-0.2, 0) is 17.8 Å². The van der Waals surface area contributed by atoms with Gasteiger partial charge in [0.05, 0.1) is 0 Å². The van der Waals surface area contributed by atoms with E-state index in [0.29, 0.717) is 13.0 Å². The molecule has 1 heterocycles. The second-order valence-electron chi connectivity index (χ2n) is 4.85. The molecule has 0 atom stereocenters. The predicted octanol–water partition coefficient (Wildman–Crippen LogP) is 2.18. The van der Waals surface area contributed by atoms with Gasteiger partial charge in [-0.05, 0) is 31.0 Å². The number of nitrogens with one attached hydrogen (secondary N) is 1. The lowest BCUT2D eigenvalue weighted by Gasteiger charge is -2.08. The Bertz CT molecular complexity index is 710. The van der Waals surface area contributed by atoms with Gasteiger partial charge in [0.1, 0.15) is 12.3 Å². The number of nitrogens with zero attached hydrogens (tertiary/aromatic N) is 1. The Morgan fingerprint density at radius 3 is 2.61 bits per heavy atom. The van der Waals surface area contributed by atoms with Gasteiger partial charge in [0.2, 0.25) is 5.91 Å². The third kappa shape index (κ3) is 5.17. The van der Waals surface area contributed by atoms with E-state index in [1.807, 2.05) is 0 Å². The summed E-state index contributed by atoms with van der Waals surface area (Å²) in [6.45, 7) is -0.681. The molecular weight excluding hydrogens is 326 g/mol. The zero-order valence-corrected chi connectivity index (χ0v) is 13.2. The summed E-state index contributed by atoms with van der Waals surface area (Å²) in [5.41, 5.74) is 1.64. The van der Waals surface area contributed by atoms with E-state index in [0.717, 1.165) is 22.6 Å². The molecule has 0 aliphatic rings. The smallest absolute Gasteiger partial charge is 0.387 e. The van der Waals surface area contributed by atoms with E-state index in [9.17, 15) is 18.4 Å². The number of carbonyl (C=O) groups excluding carboxylic acids is 1. The second kappa shape index (κ2) is 7.87. The largest absolute Gasteiger partial charge is 0.435 e. The first-order chi connectivity index (χ1) is 11.0. The highest BCUT2D eigenvalue weighted by atomic mass is 32.1. The van der Waals surface area contributed by atoms with E-state index in [4.69, 9.17) is 0 Å². The summed E-state index contributed by atoms with van der Waals surface area (Å²) < 4.78 is 29.7. The number of thiazole rings is 1. The minimum atomic E-state index is -2.84. The lowest BCUT2D eigenvalue weighted by molar-refractivity contribution is -0.121. The van der Waals surface area contributed by atoms with Crippen LogP contribution in [0.5, 0.6) is 5.75 Å². The van der Waals surface area contributed by atoms with Crippen molar-refractivity contribution in [3.63, 3.8) is 0 Å². The van der Waals surface area contributed by atoms with Crippen molar-refractivity contribution in [1.82, 2.24) is 9.88 Å². The maximum absolute atomic E-state index is 12.0. The van der Waals surface area contributed by atoms with Crippen molar-refractivity contribution in [2.45, 2.75) is 26.5 Å². The zero-order valence-electron chi connectivity index (χ0n) is 12.4. The standard InChI is InChI=1S/C15H16F2N2O3S/c1-10-9-23-15(21)19(10)8-13(20)18-7-6-11-2-4-12(5-3-11)22-14(16)17/h2-5,9,14H,6-8H2,1H3,(H,18,20). The Morgan fingerprint density at radius 1 is 1.35 bits per heavy atom. The van der Waals surface area contributed by atoms with Crippen LogP contribution in [0.25, 0.3) is 0 Å². The number of alkyl halides is 2. The molecule has 0 saturated carbocycles. The molecule has 2 rings (SSSR count). The van der Waals surface area contributed by atoms with Gasteiger partial charge in [-0.2, -0.15) is 8.78 Å². The summed E-state index contributed by atoms with van der Waals surface area (Å²) in [6.07, 6.45) is 0.554. The molecule has 1 aromatic heterocycles. The lowest BCUT2D eigenvalue weighted by Crippen LogP contribution is -2.32. The van der Waals surface area contributed by atoms with Gasteiger partial charge in [-0.1, -0.05) is 23.5 Å². The Kier molecular flexibility index (Phi) is 5.86. The van der Waals surface area contributed by atoms with Crippen LogP contribution in [0.4, 0.5) is 8.78 Å². The third-order valence-electron chi connectivity index (χ3n) is 3.16. The van der Waals surface area contributed by atoms with E-state index < -0.39 is 6.61 Å². The van der Waals surface area contributed by atoms with Crippen LogP contribution in [0.3, 0.4) is 0 Å². The Morgan fingerprint density at radius 2 is 2.04 bits per heavy atom. The minimum absolute atomic E-state index is 0.00463. The molecule has 0 aliphatic heterocycles. The van der Waals surface area contributed by atoms with Gasteiger partial charge in [0.25, 0.3) is 0 Å². The van der Waals surface area contributed by atoms with Gasteiger partial charge in [-0.25, -0.2) is 0 Å². The molecule has 0 unspecified atom stereocenters. The number of carbonyl (C=O) groups is 1. The normalized spacial score (nSPS) is 10.8. The number of aromatic nitrogens is 1. The van der Waals surface area contributed by atoms with E-state index in [-0.39, 0.29) is 23.1 Å². The average Bonchev–Trinajstić information content (AvgIpc) is 2.80. The fourth-order valence-electron chi connectivity index (χ4n) is 1.98. The first kappa shape index (κ1) is 17.1. The van der Waals surface area contributed by atoms with Crippen LogP contribution in [0.2, 0.25) is 0 Å². The summed E-state index contributed by atoms with van der Waals surface area (Å²) in [5, 5.41) is 4.43. The number of amides is 1. The predicted molar refractivity (Wildman–Crippen MR) is 83.1 cm³/mol. The highest BCUT2D eigenvalue weighted by Gasteiger charge is 2.08. The van der Waals surface area contributed by atoms with Crippen LogP contribution in [0.1, 0.15) is 11.3 Å². The molecule has 1 N–H and O–H groups in total. The minimum Gasteiger partial charge on any atom is -0.435 e. The highest BCUT2D eigenvalue weighted by Crippen LogP contribution is 2.14. The Hall–Kier alpha value is -2.22. The van der Waals surface area contributed by atoms with Crippen LogP contribution in [0.15, 0.2) is 34.4 Å². The quantitative estimate of drug-likeness (QED) is 0.839. The van der Waals surface area contributed by atoms with Gasteiger partial charge in [-0.15, -0.1) is 0 Å². The molecule has 0 aliphatic carbocycles. The monoisotopic (exact) mass is 342 g/mol. The molecule has 0 spiro atoms. The molecule has 0 fully saturated rings. The van der Waals surface area contributed by atoms with Gasteiger partial charge in [0, 0.05) is 17.6 Å². The van der Waals surface area contributed by atoms with Crippen molar-refractivity contribution < 1.29 is 18.3 Å². The zero-order chi connectivity index (χ0) is 16.8. The van der Waals surface area contributed by atoms with Gasteiger partial charge >= 0.3 is 11.5 Å². The maximum Gasteiger partial charge on any atom is 0.387 e. The number of hydrogen-bond acceptors (Lipinski definition) is 4. The molecule has 23 heavy (non-hydrogen) atoms. The summed E-state index contributed by atoms with van der Waals surface area (Å²) in [5.74, 6) is -0.147. The number of aryl methyl sites for hydroxylation is 1. The van der Waals surface area contributed by atoms with Crippen LogP contribution in [-0.4, -0.2) is 23.6 Å². The molecule has 5 nitrogen and oxygen atoms in total. The highest BCUT2D eigenvalue weighted by molar-refractivity contribution is 7.07. The molecule has 2 aromatic rings. The summed E-state index contributed by atoms with van der Waals surface area (Å²) in [7, 11) is 0. The molecule has 124 valence electrons. The van der Waals surface area contributed by atoms with Crippen LogP contribution >= 0.6 is 11.3 Å². The maximum atomic E-state index is 12.0. The van der Waals surface area contributed by atoms with E-state index in [1.54, 1.807) is 24.4 Å². The number of benzene rings is 1. The van der Waals surface area contributed by atoms with Crippen molar-refractivity contribution in [3.05, 3.63) is 50.6 Å². The molecule has 0 saturated heterocycles. The molecule has 0 radical (unpaired) electrons. The number of ether oxygens (including phenoxy) is 1. The van der Waals surface area contributed by atoms with Crippen molar-refractivity contribution in [3.8, 4) is 5.75 Å². The van der Waals surface area contributed by atoms with Crippen LogP contribution in [0, 0.1) is 6.92 Å². The van der Waals surface area contributed by atoms with Gasteiger partial charge in [-0.3, -0.25) is 14.2 Å². The number of rotatable bonds is 7. The molecule has 8 heteroatoms. The van der Waals surface area contributed by atoms with Gasteiger partial charge < -0.3 is 10.1 Å². The summed E-state index contributed by atoms with van der Waals surface area (Å²) in [6, 6.07) is 6.24. The number of halogens is 2. The Balaban J connectivity index is 1.78. The topological polar surface area (TPSA) is 60.3 Å². The second-order valence-corrected chi connectivity index (χ2v) is 5.67. The fraction of sp³-hybridized carbons (Fsp3) is 0.333. The lowest BCUT2D eigenvalue weighted by atomic mass is 10.1. The van der Waals surface area contributed by atoms with Crippen molar-refractivity contribution in [2.24, 2.45) is 0 Å². The van der Waals surface area contributed by atoms with Crippen molar-refractivity contribution >= 4 is 17.2 Å². The summed E-state index contributed by atoms with van der Waals surface area (Å²) in [4.78, 5) is 23.2. The van der Waals surface area contributed by atoms with E-state index in [2.05, 4.69) is 10.1 Å².